The third kappa shape index (κ3) is 2.07. The Morgan fingerprint density at radius 1 is 1.47 bits per heavy atom. The number of fused-ring (bicyclic) bond motifs is 1. The van der Waals surface area contributed by atoms with Crippen LogP contribution in [0.25, 0.3) is 11.0 Å². The minimum absolute atomic E-state index is 0.514. The first kappa shape index (κ1) is 10.7. The Bertz CT molecular complexity index is 486. The van der Waals surface area contributed by atoms with E-state index >= 15 is 0 Å². The van der Waals surface area contributed by atoms with Crippen molar-refractivity contribution in [3.63, 3.8) is 0 Å². The molecule has 0 spiro atoms. The molecule has 2 aromatic rings. The number of benzene rings is 1. The van der Waals surface area contributed by atoms with Crippen molar-refractivity contribution in [2.75, 3.05) is 0 Å². The molecule has 15 heavy (non-hydrogen) atoms. The summed E-state index contributed by atoms with van der Waals surface area (Å²) in [6.07, 6.45) is 1.05. The number of aryl methyl sites for hydroxylation is 2. The highest BCUT2D eigenvalue weighted by atomic mass is 79.9. The van der Waals surface area contributed by atoms with Gasteiger partial charge in [-0.15, -0.1) is 0 Å². The lowest BCUT2D eigenvalue weighted by atomic mass is 10.1. The van der Waals surface area contributed by atoms with Crippen LogP contribution < -0.4 is 0 Å². The molecule has 0 radical (unpaired) electrons. The Morgan fingerprint density at radius 2 is 2.20 bits per heavy atom. The molecule has 0 saturated carbocycles. The molecule has 2 rings (SSSR count). The van der Waals surface area contributed by atoms with Crippen molar-refractivity contribution in [1.29, 1.82) is 0 Å². The number of hydrogen-bond acceptors (Lipinski definition) is 1. The minimum atomic E-state index is 0.514. The number of nitrogens with zero attached hydrogens (tertiary/aromatic N) is 2. The van der Waals surface area contributed by atoms with Crippen LogP contribution in [-0.4, -0.2) is 14.4 Å². The summed E-state index contributed by atoms with van der Waals surface area (Å²) in [4.78, 5) is 5.04. The maximum Gasteiger partial charge on any atom is 0.106 e. The molecule has 2 nitrogen and oxygen atoms in total. The summed E-state index contributed by atoms with van der Waals surface area (Å²) in [6.45, 7) is 4.20. The normalized spacial score (nSPS) is 13.3. The lowest BCUT2D eigenvalue weighted by Crippen LogP contribution is -1.96. The van der Waals surface area contributed by atoms with Crippen molar-refractivity contribution >= 4 is 27.0 Å². The molecule has 0 aliphatic carbocycles. The maximum atomic E-state index is 4.53. The molecule has 1 unspecified atom stereocenters. The molecule has 80 valence electrons. The standard InChI is InChI=1S/C12H15BrN2/c1-8(13)6-10-4-5-12-11(7-10)14-9(2)15(12)3/h4-5,7-8H,6H2,1-3H3. The largest absolute Gasteiger partial charge is 0.331 e. The van der Waals surface area contributed by atoms with Gasteiger partial charge in [0, 0.05) is 11.9 Å². The van der Waals surface area contributed by atoms with E-state index in [2.05, 4.69) is 57.7 Å². The van der Waals surface area contributed by atoms with Gasteiger partial charge in [-0.2, -0.15) is 0 Å². The number of aromatic nitrogens is 2. The van der Waals surface area contributed by atoms with E-state index in [1.807, 2.05) is 6.92 Å². The summed E-state index contributed by atoms with van der Waals surface area (Å²) in [5.41, 5.74) is 3.64. The van der Waals surface area contributed by atoms with Gasteiger partial charge in [0.25, 0.3) is 0 Å². The quantitative estimate of drug-likeness (QED) is 0.764. The van der Waals surface area contributed by atoms with Crippen LogP contribution >= 0.6 is 15.9 Å². The zero-order valence-electron chi connectivity index (χ0n) is 9.29. The second-order valence-corrected chi connectivity index (χ2v) is 5.59. The van der Waals surface area contributed by atoms with Crippen molar-refractivity contribution in [1.82, 2.24) is 9.55 Å². The third-order valence-corrected chi connectivity index (χ3v) is 3.01. The van der Waals surface area contributed by atoms with Crippen molar-refractivity contribution in [3.8, 4) is 0 Å². The van der Waals surface area contributed by atoms with Crippen LogP contribution in [-0.2, 0) is 13.5 Å². The van der Waals surface area contributed by atoms with Crippen molar-refractivity contribution in [2.45, 2.75) is 25.1 Å². The van der Waals surface area contributed by atoms with Gasteiger partial charge in [0.05, 0.1) is 11.0 Å². The molecule has 1 aromatic heterocycles. The fraction of sp³-hybridized carbons (Fsp3) is 0.417. The van der Waals surface area contributed by atoms with E-state index in [1.165, 1.54) is 11.1 Å². The Hall–Kier alpha value is -0.830. The molecule has 0 saturated heterocycles. The monoisotopic (exact) mass is 266 g/mol. The highest BCUT2D eigenvalue weighted by Gasteiger charge is 2.05. The highest BCUT2D eigenvalue weighted by Crippen LogP contribution is 2.18. The fourth-order valence-electron chi connectivity index (χ4n) is 1.82. The number of rotatable bonds is 2. The summed E-state index contributed by atoms with van der Waals surface area (Å²) in [5.74, 6) is 1.06. The van der Waals surface area contributed by atoms with Crippen LogP contribution in [0, 0.1) is 6.92 Å². The van der Waals surface area contributed by atoms with Crippen LogP contribution in [0.15, 0.2) is 18.2 Å². The molecule has 0 fully saturated rings. The molecule has 1 heterocycles. The average Bonchev–Trinajstić information content (AvgIpc) is 2.41. The van der Waals surface area contributed by atoms with Gasteiger partial charge in [0.1, 0.15) is 5.82 Å². The SMILES string of the molecule is Cc1nc2cc(CC(C)Br)ccc2n1C. The van der Waals surface area contributed by atoms with Crippen LogP contribution in [0.4, 0.5) is 0 Å². The summed E-state index contributed by atoms with van der Waals surface area (Å²) >= 11 is 3.57. The van der Waals surface area contributed by atoms with E-state index in [4.69, 9.17) is 0 Å². The van der Waals surface area contributed by atoms with E-state index in [9.17, 15) is 0 Å². The van der Waals surface area contributed by atoms with Crippen LogP contribution in [0.5, 0.6) is 0 Å². The Kier molecular flexibility index (Phi) is 2.83. The predicted octanol–water partition coefficient (Wildman–Crippen LogP) is 3.21. The first-order chi connectivity index (χ1) is 7.08. The van der Waals surface area contributed by atoms with Crippen LogP contribution in [0.1, 0.15) is 18.3 Å². The Labute approximate surface area is 98.4 Å². The van der Waals surface area contributed by atoms with Crippen LogP contribution in [0.2, 0.25) is 0 Å². The lowest BCUT2D eigenvalue weighted by molar-refractivity contribution is 0.886. The lowest BCUT2D eigenvalue weighted by Gasteiger charge is -2.03. The third-order valence-electron chi connectivity index (χ3n) is 2.69. The molecule has 1 atom stereocenters. The Balaban J connectivity index is 2.47. The molecule has 1 aromatic carbocycles. The van der Waals surface area contributed by atoms with Gasteiger partial charge in [-0.25, -0.2) is 4.98 Å². The molecular weight excluding hydrogens is 252 g/mol. The first-order valence-electron chi connectivity index (χ1n) is 5.14. The van der Waals surface area contributed by atoms with Crippen molar-refractivity contribution in [3.05, 3.63) is 29.6 Å². The maximum absolute atomic E-state index is 4.53. The molecule has 0 N–H and O–H groups in total. The number of hydrogen-bond donors (Lipinski definition) is 0. The zero-order chi connectivity index (χ0) is 11.0. The summed E-state index contributed by atoms with van der Waals surface area (Å²) in [5, 5.41) is 0. The average molecular weight is 267 g/mol. The van der Waals surface area contributed by atoms with Gasteiger partial charge in [-0.1, -0.05) is 28.9 Å². The van der Waals surface area contributed by atoms with Gasteiger partial charge >= 0.3 is 0 Å². The van der Waals surface area contributed by atoms with Gasteiger partial charge < -0.3 is 4.57 Å². The number of halogens is 1. The van der Waals surface area contributed by atoms with Gasteiger partial charge in [-0.05, 0) is 31.0 Å². The van der Waals surface area contributed by atoms with Crippen molar-refractivity contribution < 1.29 is 0 Å². The summed E-state index contributed by atoms with van der Waals surface area (Å²) < 4.78 is 2.12. The molecule has 0 aliphatic heterocycles. The molecule has 0 bridgehead atoms. The van der Waals surface area contributed by atoms with Gasteiger partial charge in [0.15, 0.2) is 0 Å². The second kappa shape index (κ2) is 3.97. The number of alkyl halides is 1. The van der Waals surface area contributed by atoms with Gasteiger partial charge in [-0.3, -0.25) is 0 Å². The predicted molar refractivity (Wildman–Crippen MR) is 67.5 cm³/mol. The molecule has 3 heteroatoms. The molecular formula is C12H15BrN2. The van der Waals surface area contributed by atoms with E-state index in [1.54, 1.807) is 0 Å². The topological polar surface area (TPSA) is 17.8 Å². The van der Waals surface area contributed by atoms with E-state index in [-0.39, 0.29) is 0 Å². The van der Waals surface area contributed by atoms with Crippen molar-refractivity contribution in [2.24, 2.45) is 7.05 Å². The summed E-state index contributed by atoms with van der Waals surface area (Å²) in [7, 11) is 2.05. The highest BCUT2D eigenvalue weighted by molar-refractivity contribution is 9.09. The van der Waals surface area contributed by atoms with E-state index < -0.39 is 0 Å². The van der Waals surface area contributed by atoms with E-state index in [0.717, 1.165) is 17.8 Å². The van der Waals surface area contributed by atoms with E-state index in [0.29, 0.717) is 4.83 Å². The first-order valence-corrected chi connectivity index (χ1v) is 6.05. The van der Waals surface area contributed by atoms with Gasteiger partial charge in [0.2, 0.25) is 0 Å². The minimum Gasteiger partial charge on any atom is -0.331 e. The Morgan fingerprint density at radius 3 is 2.87 bits per heavy atom. The molecule has 0 aliphatic rings. The number of imidazole rings is 1. The zero-order valence-corrected chi connectivity index (χ0v) is 10.9. The second-order valence-electron chi connectivity index (χ2n) is 4.03. The smallest absolute Gasteiger partial charge is 0.106 e. The fourth-order valence-corrected chi connectivity index (χ4v) is 2.19. The van der Waals surface area contributed by atoms with Crippen LogP contribution in [0.3, 0.4) is 0 Å². The summed E-state index contributed by atoms with van der Waals surface area (Å²) in [6, 6.07) is 6.52. The molecule has 0 amide bonds.